The molecule has 8 nitrogen and oxygen atoms in total. The van der Waals surface area contributed by atoms with Crippen LogP contribution in [-0.2, 0) is 5.41 Å². The maximum atomic E-state index is 10.8. The smallest absolute Gasteiger partial charge is 0.171 e. The maximum Gasteiger partial charge on any atom is 0.171 e. The summed E-state index contributed by atoms with van der Waals surface area (Å²) in [6, 6.07) is 22.1. The first-order valence-electron chi connectivity index (χ1n) is 13.9. The van der Waals surface area contributed by atoms with Crippen molar-refractivity contribution in [2.24, 2.45) is 5.73 Å². The van der Waals surface area contributed by atoms with Crippen LogP contribution in [0.25, 0.3) is 21.1 Å². The Hall–Kier alpha value is -3.92. The van der Waals surface area contributed by atoms with E-state index in [9.17, 15) is 9.59 Å². The number of aromatic nitrogens is 2. The summed E-state index contributed by atoms with van der Waals surface area (Å²) >= 11 is 1.44. The highest BCUT2D eigenvalue weighted by molar-refractivity contribution is 7.20. The quantitative estimate of drug-likeness (QED) is 0.182. The summed E-state index contributed by atoms with van der Waals surface area (Å²) < 4.78 is 4.57. The molecule has 0 bridgehead atoms. The van der Waals surface area contributed by atoms with Crippen LogP contribution >= 0.6 is 11.3 Å². The third-order valence-corrected chi connectivity index (χ3v) is 6.50. The molecule has 0 atom stereocenters. The lowest BCUT2D eigenvalue weighted by atomic mass is 9.86. The van der Waals surface area contributed by atoms with Gasteiger partial charge in [-0.3, -0.25) is 9.59 Å². The summed E-state index contributed by atoms with van der Waals surface area (Å²) in [6.07, 6.45) is 1.54. The van der Waals surface area contributed by atoms with Gasteiger partial charge in [0.1, 0.15) is 16.3 Å². The Kier molecular flexibility index (Phi) is 16.5. The maximum absolute atomic E-state index is 10.8. The van der Waals surface area contributed by atoms with Crippen molar-refractivity contribution in [1.82, 2.24) is 15.5 Å². The highest BCUT2D eigenvalue weighted by atomic mass is 32.1. The SMILES string of the molecule is CC.CC(C)(C)c1ccc2nc3sc(C=O)cc3cc2c1.CNCCN.CNc1ccccc1.Cc1cc(C=O)no1. The molecule has 0 saturated carbocycles. The van der Waals surface area contributed by atoms with Crippen LogP contribution in [0.5, 0.6) is 0 Å². The fourth-order valence-corrected chi connectivity index (χ4v) is 4.21. The lowest BCUT2D eigenvalue weighted by Gasteiger charge is -2.19. The number of rotatable bonds is 5. The fraction of sp³-hybridized carbons (Fsp3) is 0.333. The predicted octanol–water partition coefficient (Wildman–Crippen LogP) is 7.27. The number of fused-ring (bicyclic) bond motifs is 2. The zero-order valence-corrected chi connectivity index (χ0v) is 26.8. The Balaban J connectivity index is 0.000000319. The minimum absolute atomic E-state index is 0.131. The van der Waals surface area contributed by atoms with Gasteiger partial charge >= 0.3 is 0 Å². The average molecular weight is 592 g/mol. The Morgan fingerprint density at radius 3 is 2.05 bits per heavy atom. The number of pyridine rings is 1. The summed E-state index contributed by atoms with van der Waals surface area (Å²) in [7, 11) is 3.79. The van der Waals surface area contributed by atoms with E-state index in [4.69, 9.17) is 5.73 Å². The van der Waals surface area contributed by atoms with Gasteiger partial charge in [0, 0.05) is 42.7 Å². The number of benzene rings is 2. The number of carbonyl (C=O) groups is 2. The van der Waals surface area contributed by atoms with Gasteiger partial charge in [-0.1, -0.05) is 64.0 Å². The van der Waals surface area contributed by atoms with Gasteiger partial charge in [0.05, 0.1) is 10.4 Å². The van der Waals surface area contributed by atoms with Gasteiger partial charge in [-0.15, -0.1) is 11.3 Å². The third kappa shape index (κ3) is 12.3. The molecule has 0 aliphatic rings. The molecule has 0 unspecified atom stereocenters. The van der Waals surface area contributed by atoms with Crippen molar-refractivity contribution in [1.29, 1.82) is 0 Å². The van der Waals surface area contributed by atoms with Crippen LogP contribution in [0.4, 0.5) is 5.69 Å². The van der Waals surface area contributed by atoms with Gasteiger partial charge < -0.3 is 20.9 Å². The topological polar surface area (TPSA) is 123 Å². The molecule has 0 amide bonds. The molecule has 226 valence electrons. The Morgan fingerprint density at radius 2 is 1.62 bits per heavy atom. The van der Waals surface area contributed by atoms with E-state index in [-0.39, 0.29) is 5.41 Å². The van der Waals surface area contributed by atoms with E-state index < -0.39 is 0 Å². The number of hydrogen-bond acceptors (Lipinski definition) is 9. The summed E-state index contributed by atoms with van der Waals surface area (Å²) in [5.41, 5.74) is 9.00. The van der Waals surface area contributed by atoms with Crippen molar-refractivity contribution in [2.75, 3.05) is 32.5 Å². The molecule has 0 saturated heterocycles. The van der Waals surface area contributed by atoms with Crippen LogP contribution in [0.15, 0.2) is 71.3 Å². The van der Waals surface area contributed by atoms with E-state index in [1.54, 1.807) is 13.0 Å². The molecule has 2 aromatic carbocycles. The van der Waals surface area contributed by atoms with Crippen LogP contribution < -0.4 is 16.4 Å². The standard InChI is InChI=1S/C16H15NOS.C7H9N.C5H5NO2.C3H10N2.C2H6/c1-16(2,3)12-4-5-14-10(7-12)6-11-8-13(9-18)19-15(11)17-14;1-8-7-5-3-2-4-6-7;1-4-2-5(3-7)6-8-4;1-5-3-2-4;1-2/h4-9H,1-3H3;2-6,8H,1H3;2-3H,1H3;5H,2-4H2,1H3;1-2H3. The summed E-state index contributed by atoms with van der Waals surface area (Å²) in [5, 5.41) is 11.5. The highest BCUT2D eigenvalue weighted by Crippen LogP contribution is 2.30. The first-order chi connectivity index (χ1) is 20.1. The van der Waals surface area contributed by atoms with Crippen molar-refractivity contribution in [3.8, 4) is 0 Å². The number of nitrogens with one attached hydrogen (secondary N) is 2. The molecule has 0 radical (unpaired) electrons. The number of aldehydes is 2. The lowest BCUT2D eigenvalue weighted by Crippen LogP contribution is -2.17. The number of nitrogens with zero attached hydrogens (tertiary/aromatic N) is 2. The van der Waals surface area contributed by atoms with Crippen molar-refractivity contribution in [3.63, 3.8) is 0 Å². The molecular weight excluding hydrogens is 546 g/mol. The van der Waals surface area contributed by atoms with E-state index in [1.165, 1.54) is 16.9 Å². The summed E-state index contributed by atoms with van der Waals surface area (Å²) in [6.45, 7) is 14.0. The Labute approximate surface area is 253 Å². The van der Waals surface area contributed by atoms with E-state index >= 15 is 0 Å². The lowest BCUT2D eigenvalue weighted by molar-refractivity contribution is 0.111. The third-order valence-electron chi connectivity index (χ3n) is 5.53. The molecule has 0 aliphatic heterocycles. The van der Waals surface area contributed by atoms with E-state index in [1.807, 2.05) is 64.3 Å². The summed E-state index contributed by atoms with van der Waals surface area (Å²) in [4.78, 5) is 27.0. The molecule has 5 rings (SSSR count). The predicted molar refractivity (Wildman–Crippen MR) is 178 cm³/mol. The minimum atomic E-state index is 0.131. The van der Waals surface area contributed by atoms with Gasteiger partial charge in [0.2, 0.25) is 0 Å². The van der Waals surface area contributed by atoms with Gasteiger partial charge in [-0.25, -0.2) is 4.98 Å². The second-order valence-electron chi connectivity index (χ2n) is 9.80. The molecule has 3 heterocycles. The molecule has 42 heavy (non-hydrogen) atoms. The van der Waals surface area contributed by atoms with Gasteiger partial charge in [-0.2, -0.15) is 0 Å². The van der Waals surface area contributed by atoms with Crippen LogP contribution in [0, 0.1) is 6.92 Å². The first kappa shape index (κ1) is 36.1. The Morgan fingerprint density at radius 1 is 0.929 bits per heavy atom. The number of anilines is 1. The second-order valence-corrected chi connectivity index (χ2v) is 10.9. The number of thiophene rings is 1. The highest BCUT2D eigenvalue weighted by Gasteiger charge is 2.14. The molecule has 4 N–H and O–H groups in total. The van der Waals surface area contributed by atoms with Crippen molar-refractivity contribution >= 4 is 50.7 Å². The molecule has 5 aromatic rings. The Bertz CT molecular complexity index is 1470. The van der Waals surface area contributed by atoms with Crippen LogP contribution in [-0.4, -0.2) is 49.9 Å². The normalized spacial score (nSPS) is 10.0. The minimum Gasteiger partial charge on any atom is -0.388 e. The average Bonchev–Trinajstić information content (AvgIpc) is 3.63. The summed E-state index contributed by atoms with van der Waals surface area (Å²) in [5.74, 6) is 0.659. The number of nitrogens with two attached hydrogens (primary N) is 1. The van der Waals surface area contributed by atoms with E-state index in [0.29, 0.717) is 17.7 Å². The van der Waals surface area contributed by atoms with Gasteiger partial charge in [0.25, 0.3) is 0 Å². The molecule has 0 aliphatic carbocycles. The first-order valence-corrected chi connectivity index (χ1v) is 14.7. The number of carbonyl (C=O) groups excluding carboxylic acids is 2. The molecule has 9 heteroatoms. The number of likely N-dealkylation sites (N-methyl/N-ethyl adjacent to an activating group) is 1. The van der Waals surface area contributed by atoms with Crippen molar-refractivity contribution in [3.05, 3.63) is 88.6 Å². The monoisotopic (exact) mass is 591 g/mol. The number of para-hydroxylation sites is 1. The fourth-order valence-electron chi connectivity index (χ4n) is 3.37. The van der Waals surface area contributed by atoms with Crippen LogP contribution in [0.2, 0.25) is 0 Å². The van der Waals surface area contributed by atoms with Crippen molar-refractivity contribution < 1.29 is 14.1 Å². The van der Waals surface area contributed by atoms with E-state index in [0.717, 1.165) is 51.1 Å². The van der Waals surface area contributed by atoms with Gasteiger partial charge in [0.15, 0.2) is 12.6 Å². The van der Waals surface area contributed by atoms with Crippen LogP contribution in [0.1, 0.15) is 66.1 Å². The molecule has 0 fully saturated rings. The van der Waals surface area contributed by atoms with E-state index in [2.05, 4.69) is 70.3 Å². The molecular formula is C33H45N5O3S. The number of hydrogen-bond donors (Lipinski definition) is 3. The second kappa shape index (κ2) is 19.2. The largest absolute Gasteiger partial charge is 0.388 e. The zero-order valence-electron chi connectivity index (χ0n) is 26.0. The van der Waals surface area contributed by atoms with Crippen LogP contribution in [0.3, 0.4) is 0 Å². The molecule has 3 aromatic heterocycles. The molecule has 0 spiro atoms. The van der Waals surface area contributed by atoms with Crippen molar-refractivity contribution in [2.45, 2.75) is 47.0 Å². The van der Waals surface area contributed by atoms with Gasteiger partial charge in [-0.05, 0) is 61.3 Å². The number of aryl methyl sites for hydroxylation is 1. The zero-order chi connectivity index (χ0) is 31.5.